The number of hydrogen-bond donors (Lipinski definition) is 0. The van der Waals surface area contributed by atoms with Crippen LogP contribution in [-0.2, 0) is 9.09 Å². The van der Waals surface area contributed by atoms with E-state index in [0.717, 1.165) is 6.42 Å². The second kappa shape index (κ2) is 7.30. The summed E-state index contributed by atoms with van der Waals surface area (Å²) in [6.45, 7) is 4.47. The molecular formula is C7H17O2P. The molecule has 3 heteroatoms. The van der Waals surface area contributed by atoms with E-state index < -0.39 is 8.03 Å². The molecule has 0 heterocycles. The lowest BCUT2D eigenvalue weighted by atomic mass is 10.2. The van der Waals surface area contributed by atoms with Crippen LogP contribution in [0.4, 0.5) is 0 Å². The average molecular weight is 164 g/mol. The van der Waals surface area contributed by atoms with Crippen LogP contribution >= 0.6 is 8.03 Å². The van der Waals surface area contributed by atoms with Gasteiger partial charge in [0, 0.05) is 6.66 Å². The minimum Gasteiger partial charge on any atom is -0.331 e. The van der Waals surface area contributed by atoms with Crippen LogP contribution in [0.3, 0.4) is 0 Å². The van der Waals surface area contributed by atoms with Gasteiger partial charge in [-0.05, 0) is 6.42 Å². The van der Waals surface area contributed by atoms with Crippen LogP contribution in [0.1, 0.15) is 32.6 Å². The highest BCUT2D eigenvalue weighted by molar-refractivity contribution is 7.38. The van der Waals surface area contributed by atoms with Crippen LogP contribution in [0.15, 0.2) is 0 Å². The predicted octanol–water partition coefficient (Wildman–Crippen LogP) is 2.69. The second-order valence-corrected chi connectivity index (χ2v) is 3.67. The van der Waals surface area contributed by atoms with Crippen molar-refractivity contribution in [1.29, 1.82) is 0 Å². The summed E-state index contributed by atoms with van der Waals surface area (Å²) in [5.74, 6) is 0. The van der Waals surface area contributed by atoms with Crippen LogP contribution in [0.2, 0.25) is 0 Å². The van der Waals surface area contributed by atoms with Gasteiger partial charge in [0.15, 0.2) is 8.03 Å². The largest absolute Gasteiger partial charge is 0.331 e. The maximum atomic E-state index is 10.4. The minimum absolute atomic E-state index is 0.675. The molecule has 1 unspecified atom stereocenters. The molecular weight excluding hydrogens is 147 g/mol. The van der Waals surface area contributed by atoms with Gasteiger partial charge >= 0.3 is 0 Å². The first-order valence-electron chi connectivity index (χ1n) is 3.90. The van der Waals surface area contributed by atoms with Gasteiger partial charge in [-0.25, -0.2) is 0 Å². The molecule has 0 radical (unpaired) electrons. The van der Waals surface area contributed by atoms with Crippen LogP contribution < -0.4 is 0 Å². The molecule has 0 bridgehead atoms. The lowest BCUT2D eigenvalue weighted by Gasteiger charge is -1.98. The van der Waals surface area contributed by atoms with Crippen LogP contribution in [0.25, 0.3) is 0 Å². The summed E-state index contributed by atoms with van der Waals surface area (Å²) in [5.41, 5.74) is 0. The van der Waals surface area contributed by atoms with Crippen molar-refractivity contribution < 1.29 is 9.09 Å². The normalized spacial score (nSPS) is 13.4. The number of unbranched alkanes of at least 4 members (excludes halogenated alkanes) is 3. The van der Waals surface area contributed by atoms with E-state index in [1.807, 2.05) is 0 Å². The zero-order chi connectivity index (χ0) is 7.82. The lowest BCUT2D eigenvalue weighted by molar-refractivity contribution is 0.319. The third kappa shape index (κ3) is 8.19. The monoisotopic (exact) mass is 164 g/mol. The van der Waals surface area contributed by atoms with Gasteiger partial charge in [0.2, 0.25) is 0 Å². The van der Waals surface area contributed by atoms with Gasteiger partial charge in [0.05, 0.1) is 6.61 Å². The lowest BCUT2D eigenvalue weighted by Crippen LogP contribution is -1.85. The summed E-state index contributed by atoms with van der Waals surface area (Å²) < 4.78 is 15.4. The molecule has 62 valence electrons. The fraction of sp³-hybridized carbons (Fsp3) is 1.00. The van der Waals surface area contributed by atoms with Crippen LogP contribution in [0, 0.1) is 0 Å². The molecule has 0 spiro atoms. The van der Waals surface area contributed by atoms with E-state index in [4.69, 9.17) is 4.52 Å². The Kier molecular flexibility index (Phi) is 7.44. The topological polar surface area (TPSA) is 26.3 Å². The molecule has 2 nitrogen and oxygen atoms in total. The quantitative estimate of drug-likeness (QED) is 0.445. The molecule has 0 amide bonds. The second-order valence-electron chi connectivity index (χ2n) is 2.40. The van der Waals surface area contributed by atoms with Crippen molar-refractivity contribution in [2.24, 2.45) is 0 Å². The van der Waals surface area contributed by atoms with Crippen molar-refractivity contribution in [3.63, 3.8) is 0 Å². The van der Waals surface area contributed by atoms with Crippen molar-refractivity contribution in [3.8, 4) is 0 Å². The van der Waals surface area contributed by atoms with E-state index in [-0.39, 0.29) is 0 Å². The zero-order valence-electron chi connectivity index (χ0n) is 6.85. The van der Waals surface area contributed by atoms with E-state index in [1.165, 1.54) is 19.3 Å². The van der Waals surface area contributed by atoms with Crippen LogP contribution in [0.5, 0.6) is 0 Å². The molecule has 0 aromatic rings. The van der Waals surface area contributed by atoms with Crippen molar-refractivity contribution in [1.82, 2.24) is 0 Å². The smallest absolute Gasteiger partial charge is 0.188 e. The Morgan fingerprint density at radius 3 is 2.50 bits per heavy atom. The van der Waals surface area contributed by atoms with E-state index in [0.29, 0.717) is 6.61 Å². The first-order valence-corrected chi connectivity index (χ1v) is 5.72. The van der Waals surface area contributed by atoms with E-state index in [2.05, 4.69) is 6.92 Å². The summed E-state index contributed by atoms with van der Waals surface area (Å²) in [6, 6.07) is 0. The van der Waals surface area contributed by atoms with Crippen molar-refractivity contribution in [3.05, 3.63) is 0 Å². The highest BCUT2D eigenvalue weighted by Gasteiger charge is 1.89. The third-order valence-electron chi connectivity index (χ3n) is 1.30. The van der Waals surface area contributed by atoms with Gasteiger partial charge in [-0.1, -0.05) is 26.2 Å². The number of rotatable bonds is 6. The average Bonchev–Trinajstić information content (AvgIpc) is 1.87. The fourth-order valence-electron chi connectivity index (χ4n) is 0.745. The van der Waals surface area contributed by atoms with Gasteiger partial charge < -0.3 is 4.52 Å². The molecule has 0 aromatic carbocycles. The molecule has 0 aliphatic rings. The molecule has 0 saturated carbocycles. The van der Waals surface area contributed by atoms with Gasteiger partial charge in [-0.15, -0.1) is 0 Å². The summed E-state index contributed by atoms with van der Waals surface area (Å²) in [7, 11) is -1.67. The van der Waals surface area contributed by atoms with Crippen LogP contribution in [-0.4, -0.2) is 13.3 Å². The van der Waals surface area contributed by atoms with Gasteiger partial charge in [0.1, 0.15) is 0 Å². The molecule has 0 aliphatic heterocycles. The molecule has 1 atom stereocenters. The third-order valence-corrected chi connectivity index (χ3v) is 1.91. The molecule has 0 aromatic heterocycles. The minimum atomic E-state index is -1.67. The Bertz CT molecular complexity index is 93.6. The Hall–Kier alpha value is 0.190. The standard InChI is InChI=1S/C7H17O2P/c1-3-4-5-6-7-9-10(2)8/h10H,3-7H2,1-2H3. The Morgan fingerprint density at radius 2 is 2.00 bits per heavy atom. The molecule has 0 fully saturated rings. The zero-order valence-corrected chi connectivity index (χ0v) is 7.85. The summed E-state index contributed by atoms with van der Waals surface area (Å²) in [6.07, 6.45) is 4.75. The Morgan fingerprint density at radius 1 is 1.30 bits per heavy atom. The number of hydrogen-bond acceptors (Lipinski definition) is 2. The molecule has 10 heavy (non-hydrogen) atoms. The maximum absolute atomic E-state index is 10.4. The molecule has 0 saturated heterocycles. The molecule has 0 N–H and O–H groups in total. The van der Waals surface area contributed by atoms with E-state index in [9.17, 15) is 4.57 Å². The van der Waals surface area contributed by atoms with Gasteiger partial charge in [-0.3, -0.25) is 4.57 Å². The first-order chi connectivity index (χ1) is 4.77. The molecule has 0 rings (SSSR count). The fourth-order valence-corrected chi connectivity index (χ4v) is 1.18. The van der Waals surface area contributed by atoms with Gasteiger partial charge in [-0.2, -0.15) is 0 Å². The highest BCUT2D eigenvalue weighted by Crippen LogP contribution is 2.15. The predicted molar refractivity (Wildman–Crippen MR) is 45.0 cm³/mol. The summed E-state index contributed by atoms with van der Waals surface area (Å²) >= 11 is 0. The van der Waals surface area contributed by atoms with E-state index in [1.54, 1.807) is 6.66 Å². The van der Waals surface area contributed by atoms with Crippen molar-refractivity contribution >= 4 is 8.03 Å². The van der Waals surface area contributed by atoms with E-state index >= 15 is 0 Å². The summed E-state index contributed by atoms with van der Waals surface area (Å²) in [5, 5.41) is 0. The SMILES string of the molecule is CCCCCCO[PH](C)=O. The summed E-state index contributed by atoms with van der Waals surface area (Å²) in [4.78, 5) is 0. The highest BCUT2D eigenvalue weighted by atomic mass is 31.1. The Balaban J connectivity index is 2.84. The Labute approximate surface area is 63.8 Å². The molecule has 0 aliphatic carbocycles. The van der Waals surface area contributed by atoms with Crippen molar-refractivity contribution in [2.45, 2.75) is 32.6 Å². The van der Waals surface area contributed by atoms with Crippen molar-refractivity contribution in [2.75, 3.05) is 13.3 Å². The maximum Gasteiger partial charge on any atom is 0.188 e. The van der Waals surface area contributed by atoms with Gasteiger partial charge in [0.25, 0.3) is 0 Å². The first kappa shape index (κ1) is 10.2.